The minimum Gasteiger partial charge on any atom is -0.474 e. The van der Waals surface area contributed by atoms with Crippen molar-refractivity contribution in [2.45, 2.75) is 20.0 Å². The van der Waals surface area contributed by atoms with Crippen molar-refractivity contribution < 1.29 is 31.5 Å². The van der Waals surface area contributed by atoms with Crippen LogP contribution in [0.3, 0.4) is 0 Å². The van der Waals surface area contributed by atoms with Crippen molar-refractivity contribution in [1.29, 1.82) is 0 Å². The highest BCUT2D eigenvalue weighted by atomic mass is 19.2. The molecule has 0 fully saturated rings. The van der Waals surface area contributed by atoms with E-state index in [0.717, 1.165) is 0 Å². The minimum atomic E-state index is -2.31. The summed E-state index contributed by atoms with van der Waals surface area (Å²) < 4.78 is 70.2. The van der Waals surface area contributed by atoms with E-state index in [1.165, 1.54) is 13.8 Å². The van der Waals surface area contributed by atoms with E-state index in [1.807, 2.05) is 0 Å². The molecule has 0 radical (unpaired) electrons. The number of nitrogens with two attached hydrogens (primary N) is 1. The molecule has 0 aromatic heterocycles. The Morgan fingerprint density at radius 2 is 1.40 bits per heavy atom. The van der Waals surface area contributed by atoms with Gasteiger partial charge in [0.1, 0.15) is 0 Å². The van der Waals surface area contributed by atoms with Crippen LogP contribution in [0.2, 0.25) is 0 Å². The first-order valence-electron chi connectivity index (χ1n) is 5.40. The van der Waals surface area contributed by atoms with E-state index in [9.17, 15) is 26.7 Å². The van der Waals surface area contributed by atoms with E-state index >= 15 is 0 Å². The molecular weight excluding hydrogens is 287 g/mol. The van der Waals surface area contributed by atoms with Crippen molar-refractivity contribution >= 4 is 5.91 Å². The molecule has 0 saturated heterocycles. The Morgan fingerprint density at radius 1 is 1.00 bits per heavy atom. The van der Waals surface area contributed by atoms with Crippen molar-refractivity contribution in [3.8, 4) is 5.75 Å². The molecule has 112 valence electrons. The van der Waals surface area contributed by atoms with Crippen molar-refractivity contribution in [2.24, 2.45) is 11.8 Å². The maximum Gasteiger partial charge on any atom is 0.275 e. The van der Waals surface area contributed by atoms with Crippen LogP contribution in [0.4, 0.5) is 22.0 Å². The third-order valence-electron chi connectivity index (χ3n) is 2.42. The van der Waals surface area contributed by atoms with E-state index in [4.69, 9.17) is 5.84 Å². The quantitative estimate of drug-likeness (QED) is 0.222. The van der Waals surface area contributed by atoms with Gasteiger partial charge in [0, 0.05) is 0 Å². The predicted molar refractivity (Wildman–Crippen MR) is 57.8 cm³/mol. The number of carbonyl (C=O) groups excluding carboxylic acids is 1. The van der Waals surface area contributed by atoms with E-state index in [-0.39, 0.29) is 0 Å². The van der Waals surface area contributed by atoms with Crippen LogP contribution in [0.5, 0.6) is 5.75 Å². The number of amides is 1. The van der Waals surface area contributed by atoms with Gasteiger partial charge in [-0.05, 0) is 5.92 Å². The number of hydrazine groups is 1. The maximum absolute atomic E-state index is 13.4. The third-order valence-corrected chi connectivity index (χ3v) is 2.42. The summed E-state index contributed by atoms with van der Waals surface area (Å²) in [5.41, 5.74) is 1.68. The third kappa shape index (κ3) is 2.82. The van der Waals surface area contributed by atoms with Crippen LogP contribution in [0.1, 0.15) is 13.8 Å². The Bertz CT molecular complexity index is 507. The van der Waals surface area contributed by atoms with Crippen LogP contribution in [-0.4, -0.2) is 12.0 Å². The molecule has 0 spiro atoms. The molecule has 1 amide bonds. The van der Waals surface area contributed by atoms with Crippen molar-refractivity contribution in [3.05, 3.63) is 29.1 Å². The van der Waals surface area contributed by atoms with Crippen molar-refractivity contribution in [2.75, 3.05) is 0 Å². The molecular formula is C11H11F5N2O2. The zero-order valence-corrected chi connectivity index (χ0v) is 10.4. The topological polar surface area (TPSA) is 64.3 Å². The first-order chi connectivity index (χ1) is 9.22. The van der Waals surface area contributed by atoms with E-state index in [2.05, 4.69) is 4.74 Å². The van der Waals surface area contributed by atoms with Gasteiger partial charge >= 0.3 is 0 Å². The summed E-state index contributed by atoms with van der Waals surface area (Å²) in [6.45, 7) is 2.87. The van der Waals surface area contributed by atoms with Gasteiger partial charge in [-0.25, -0.2) is 19.0 Å². The Morgan fingerprint density at radius 3 is 1.75 bits per heavy atom. The molecule has 0 aliphatic rings. The fraction of sp³-hybridized carbons (Fsp3) is 0.364. The largest absolute Gasteiger partial charge is 0.474 e. The van der Waals surface area contributed by atoms with Gasteiger partial charge in [-0.3, -0.25) is 10.2 Å². The molecule has 0 bridgehead atoms. The highest BCUT2D eigenvalue weighted by molar-refractivity contribution is 5.80. The number of hydrogen-bond donors (Lipinski definition) is 2. The summed E-state index contributed by atoms with van der Waals surface area (Å²) in [6.07, 6.45) is -1.52. The molecule has 3 N–H and O–H groups in total. The van der Waals surface area contributed by atoms with Crippen molar-refractivity contribution in [3.63, 3.8) is 0 Å². The monoisotopic (exact) mass is 298 g/mol. The standard InChI is InChI=1S/C11H11F5N2O2/c1-3(2)9(11(19)18-17)20-10-7(15)5(13)4(12)6(14)8(10)16/h3,9H,17H2,1-2H3,(H,18,19). The lowest BCUT2D eigenvalue weighted by Crippen LogP contribution is -2.45. The summed E-state index contributed by atoms with van der Waals surface area (Å²) >= 11 is 0. The van der Waals surface area contributed by atoms with Gasteiger partial charge in [0.25, 0.3) is 5.91 Å². The van der Waals surface area contributed by atoms with E-state index < -0.39 is 52.8 Å². The van der Waals surface area contributed by atoms with Gasteiger partial charge in [0.15, 0.2) is 11.9 Å². The minimum absolute atomic E-state index is 0.631. The van der Waals surface area contributed by atoms with Crippen LogP contribution < -0.4 is 16.0 Å². The summed E-state index contributed by atoms with van der Waals surface area (Å²) in [7, 11) is 0. The Labute approximate surface area is 110 Å². The second-order valence-electron chi connectivity index (χ2n) is 4.19. The van der Waals surface area contributed by atoms with Crippen LogP contribution in [0, 0.1) is 35.0 Å². The predicted octanol–water partition coefficient (Wildman–Crippen LogP) is 1.78. The number of nitrogens with one attached hydrogen (secondary N) is 1. The number of hydrogen-bond acceptors (Lipinski definition) is 3. The Balaban J connectivity index is 3.30. The molecule has 4 nitrogen and oxygen atoms in total. The van der Waals surface area contributed by atoms with Crippen LogP contribution in [-0.2, 0) is 4.79 Å². The van der Waals surface area contributed by atoms with Crippen LogP contribution >= 0.6 is 0 Å². The van der Waals surface area contributed by atoms with Crippen molar-refractivity contribution in [1.82, 2.24) is 5.43 Å². The first-order valence-corrected chi connectivity index (χ1v) is 5.40. The van der Waals surface area contributed by atoms with Gasteiger partial charge < -0.3 is 4.74 Å². The second-order valence-corrected chi connectivity index (χ2v) is 4.19. The van der Waals surface area contributed by atoms with Gasteiger partial charge in [-0.2, -0.15) is 8.78 Å². The molecule has 0 aliphatic heterocycles. The molecule has 9 heteroatoms. The van der Waals surface area contributed by atoms with Gasteiger partial charge in [0.05, 0.1) is 0 Å². The number of ether oxygens (including phenoxy) is 1. The SMILES string of the molecule is CC(C)C(Oc1c(F)c(F)c(F)c(F)c1F)C(=O)NN. The molecule has 0 aliphatic carbocycles. The molecule has 1 rings (SSSR count). The van der Waals surface area contributed by atoms with Crippen LogP contribution in [0.15, 0.2) is 0 Å². The smallest absolute Gasteiger partial charge is 0.275 e. The maximum atomic E-state index is 13.4. The van der Waals surface area contributed by atoms with E-state index in [0.29, 0.717) is 0 Å². The lowest BCUT2D eigenvalue weighted by atomic mass is 10.1. The zero-order chi connectivity index (χ0) is 15.6. The normalized spacial score (nSPS) is 12.4. The number of benzene rings is 1. The lowest BCUT2D eigenvalue weighted by molar-refractivity contribution is -0.130. The van der Waals surface area contributed by atoms with Gasteiger partial charge in [-0.15, -0.1) is 0 Å². The molecule has 1 unspecified atom stereocenters. The zero-order valence-electron chi connectivity index (χ0n) is 10.4. The first kappa shape index (κ1) is 16.2. The molecule has 20 heavy (non-hydrogen) atoms. The summed E-state index contributed by atoms with van der Waals surface area (Å²) in [5.74, 6) is -9.21. The molecule has 0 saturated carbocycles. The Kier molecular flexibility index (Phi) is 4.88. The molecule has 1 aromatic carbocycles. The number of carbonyl (C=O) groups is 1. The van der Waals surface area contributed by atoms with Gasteiger partial charge in [0.2, 0.25) is 29.1 Å². The number of halogens is 5. The molecule has 0 heterocycles. The highest BCUT2D eigenvalue weighted by Gasteiger charge is 2.31. The van der Waals surface area contributed by atoms with E-state index in [1.54, 1.807) is 5.43 Å². The average Bonchev–Trinajstić information content (AvgIpc) is 2.42. The summed E-state index contributed by atoms with van der Waals surface area (Å²) in [4.78, 5) is 11.3. The fourth-order valence-electron chi connectivity index (χ4n) is 1.39. The highest BCUT2D eigenvalue weighted by Crippen LogP contribution is 2.30. The Hall–Kier alpha value is -1.90. The lowest BCUT2D eigenvalue weighted by Gasteiger charge is -2.21. The number of rotatable bonds is 4. The molecule has 1 aromatic rings. The summed E-state index contributed by atoms with van der Waals surface area (Å²) in [6, 6.07) is 0. The second kappa shape index (κ2) is 6.04. The summed E-state index contributed by atoms with van der Waals surface area (Å²) in [5, 5.41) is 0. The average molecular weight is 298 g/mol. The van der Waals surface area contributed by atoms with Crippen LogP contribution in [0.25, 0.3) is 0 Å². The van der Waals surface area contributed by atoms with Gasteiger partial charge in [-0.1, -0.05) is 13.8 Å². The fourth-order valence-corrected chi connectivity index (χ4v) is 1.39. The molecule has 1 atom stereocenters.